The van der Waals surface area contributed by atoms with E-state index in [1.165, 1.54) is 37.3 Å². The Morgan fingerprint density at radius 2 is 2.00 bits per heavy atom. The Morgan fingerprint density at radius 3 is 2.67 bits per heavy atom. The molecule has 3 aromatic rings. The number of methoxy groups -OCH3 is 1. The second-order valence-corrected chi connectivity index (χ2v) is 6.88. The number of carbonyl (C=O) groups is 1. The third kappa shape index (κ3) is 4.20. The minimum atomic E-state index is -0.675. The van der Waals surface area contributed by atoms with Gasteiger partial charge in [0.2, 0.25) is 11.6 Å². The van der Waals surface area contributed by atoms with Crippen LogP contribution >= 0.6 is 15.9 Å². The van der Waals surface area contributed by atoms with Gasteiger partial charge in [0.25, 0.3) is 0 Å². The number of nitrogens with one attached hydrogen (secondary N) is 1. The zero-order valence-electron chi connectivity index (χ0n) is 15.8. The molecule has 0 aliphatic heterocycles. The fraction of sp³-hybridized carbons (Fsp3) is 0.105. The number of anilines is 4. The summed E-state index contributed by atoms with van der Waals surface area (Å²) in [5.41, 5.74) is 0.0568. The van der Waals surface area contributed by atoms with Gasteiger partial charge in [-0.25, -0.2) is 19.2 Å². The van der Waals surface area contributed by atoms with Gasteiger partial charge in [0.1, 0.15) is 12.1 Å². The van der Waals surface area contributed by atoms with Crippen LogP contribution in [-0.2, 0) is 4.74 Å². The number of carbonyl (C=O) groups excluding carboxylic acids is 1. The maximum absolute atomic E-state index is 14.2. The second-order valence-electron chi connectivity index (χ2n) is 5.97. The molecule has 11 heteroatoms. The summed E-state index contributed by atoms with van der Waals surface area (Å²) in [5.74, 6) is -1.52. The lowest BCUT2D eigenvalue weighted by molar-refractivity contribution is -0.383. The zero-order chi connectivity index (χ0) is 21.8. The molecule has 2 aromatic carbocycles. The summed E-state index contributed by atoms with van der Waals surface area (Å²) in [4.78, 5) is 32.6. The van der Waals surface area contributed by atoms with E-state index in [-0.39, 0.29) is 22.9 Å². The fourth-order valence-electron chi connectivity index (χ4n) is 2.76. The molecule has 0 saturated carbocycles. The predicted octanol–water partition coefficient (Wildman–Crippen LogP) is 4.58. The standard InChI is InChI=1S/C19H15BrFN5O4/c1-25(15-6-4-3-5-12(15)19(27)30-2)18-16(26(28)29)17(22-10-23-18)24-14-8-7-11(20)9-13(14)21/h3-10H,1-2H3,(H,22,23,24). The third-order valence-electron chi connectivity index (χ3n) is 4.16. The van der Waals surface area contributed by atoms with Crippen LogP contribution < -0.4 is 10.2 Å². The highest BCUT2D eigenvalue weighted by molar-refractivity contribution is 9.10. The molecule has 0 atom stereocenters. The van der Waals surface area contributed by atoms with E-state index in [2.05, 4.69) is 31.2 Å². The number of para-hydroxylation sites is 1. The van der Waals surface area contributed by atoms with Gasteiger partial charge in [-0.2, -0.15) is 0 Å². The van der Waals surface area contributed by atoms with Gasteiger partial charge in [0.15, 0.2) is 0 Å². The summed E-state index contributed by atoms with van der Waals surface area (Å²) >= 11 is 3.15. The molecule has 0 amide bonds. The Bertz CT molecular complexity index is 1130. The Kier molecular flexibility index (Phi) is 6.21. The quantitative estimate of drug-likeness (QED) is 0.313. The monoisotopic (exact) mass is 475 g/mol. The summed E-state index contributed by atoms with van der Waals surface area (Å²) in [5, 5.41) is 14.5. The largest absolute Gasteiger partial charge is 0.465 e. The summed E-state index contributed by atoms with van der Waals surface area (Å²) in [6.45, 7) is 0. The number of ether oxygens (including phenoxy) is 1. The van der Waals surface area contributed by atoms with Gasteiger partial charge in [-0.1, -0.05) is 28.1 Å². The number of nitrogens with zero attached hydrogens (tertiary/aromatic N) is 4. The topological polar surface area (TPSA) is 110 Å². The van der Waals surface area contributed by atoms with Crippen LogP contribution in [0.1, 0.15) is 10.4 Å². The number of rotatable bonds is 6. The van der Waals surface area contributed by atoms with Crippen molar-refractivity contribution in [2.75, 3.05) is 24.4 Å². The molecule has 3 rings (SSSR count). The summed E-state index contributed by atoms with van der Waals surface area (Å²) < 4.78 is 19.5. The second kappa shape index (κ2) is 8.82. The van der Waals surface area contributed by atoms with Crippen molar-refractivity contribution in [1.82, 2.24) is 9.97 Å². The molecule has 1 heterocycles. The highest BCUT2D eigenvalue weighted by atomic mass is 79.9. The zero-order valence-corrected chi connectivity index (χ0v) is 17.4. The van der Waals surface area contributed by atoms with E-state index >= 15 is 0 Å². The first kappa shape index (κ1) is 21.1. The molecular formula is C19H15BrFN5O4. The van der Waals surface area contributed by atoms with Crippen LogP contribution in [-0.4, -0.2) is 35.0 Å². The summed E-state index contributed by atoms with van der Waals surface area (Å²) in [6.07, 6.45) is 1.11. The van der Waals surface area contributed by atoms with E-state index in [0.29, 0.717) is 10.2 Å². The highest BCUT2D eigenvalue weighted by Gasteiger charge is 2.28. The average molecular weight is 476 g/mol. The molecule has 0 spiro atoms. The SMILES string of the molecule is COC(=O)c1ccccc1N(C)c1ncnc(Nc2ccc(Br)cc2F)c1[N+](=O)[O-]. The van der Waals surface area contributed by atoms with E-state index in [1.54, 1.807) is 24.3 Å². The first-order valence-electron chi connectivity index (χ1n) is 8.46. The van der Waals surface area contributed by atoms with Gasteiger partial charge in [0.05, 0.1) is 29.0 Å². The van der Waals surface area contributed by atoms with Crippen molar-refractivity contribution in [3.63, 3.8) is 0 Å². The van der Waals surface area contributed by atoms with Crippen LogP contribution in [0, 0.1) is 15.9 Å². The van der Waals surface area contributed by atoms with Gasteiger partial charge in [-0.05, 0) is 30.3 Å². The lowest BCUT2D eigenvalue weighted by Gasteiger charge is -2.21. The number of benzene rings is 2. The van der Waals surface area contributed by atoms with Gasteiger partial charge < -0.3 is 15.0 Å². The Hall–Kier alpha value is -3.60. The van der Waals surface area contributed by atoms with Crippen molar-refractivity contribution >= 4 is 50.6 Å². The molecule has 0 saturated heterocycles. The number of aromatic nitrogens is 2. The van der Waals surface area contributed by atoms with Gasteiger partial charge in [-0.3, -0.25) is 10.1 Å². The molecule has 9 nitrogen and oxygen atoms in total. The molecule has 0 bridgehead atoms. The minimum Gasteiger partial charge on any atom is -0.465 e. The molecule has 1 N–H and O–H groups in total. The summed E-state index contributed by atoms with van der Waals surface area (Å²) in [6, 6.07) is 10.7. The maximum atomic E-state index is 14.2. The van der Waals surface area contributed by atoms with Crippen LogP contribution in [0.2, 0.25) is 0 Å². The van der Waals surface area contributed by atoms with Crippen LogP contribution in [0.4, 0.5) is 33.1 Å². The van der Waals surface area contributed by atoms with Crippen LogP contribution in [0.15, 0.2) is 53.3 Å². The van der Waals surface area contributed by atoms with Gasteiger partial charge in [-0.15, -0.1) is 0 Å². The lowest BCUT2D eigenvalue weighted by Crippen LogP contribution is -2.18. The van der Waals surface area contributed by atoms with Crippen molar-refractivity contribution in [2.24, 2.45) is 0 Å². The van der Waals surface area contributed by atoms with E-state index < -0.39 is 22.4 Å². The molecule has 0 radical (unpaired) electrons. The van der Waals surface area contributed by atoms with E-state index in [9.17, 15) is 19.3 Å². The molecule has 30 heavy (non-hydrogen) atoms. The van der Waals surface area contributed by atoms with Crippen LogP contribution in [0.5, 0.6) is 0 Å². The van der Waals surface area contributed by atoms with Crippen LogP contribution in [0.3, 0.4) is 0 Å². The number of hydrogen-bond acceptors (Lipinski definition) is 8. The Balaban J connectivity index is 2.10. The molecule has 1 aromatic heterocycles. The summed E-state index contributed by atoms with van der Waals surface area (Å²) in [7, 11) is 2.75. The Labute approximate surface area is 178 Å². The van der Waals surface area contributed by atoms with Gasteiger partial charge in [0, 0.05) is 11.5 Å². The number of nitro groups is 1. The average Bonchev–Trinajstić information content (AvgIpc) is 2.74. The number of hydrogen-bond donors (Lipinski definition) is 1. The first-order valence-corrected chi connectivity index (χ1v) is 9.25. The normalized spacial score (nSPS) is 10.4. The fourth-order valence-corrected chi connectivity index (χ4v) is 3.09. The van der Waals surface area contributed by atoms with E-state index in [4.69, 9.17) is 4.74 Å². The van der Waals surface area contributed by atoms with Crippen molar-refractivity contribution in [1.29, 1.82) is 0 Å². The minimum absolute atomic E-state index is 0.00330. The van der Waals surface area contributed by atoms with E-state index in [0.717, 1.165) is 6.33 Å². The van der Waals surface area contributed by atoms with Crippen molar-refractivity contribution < 1.29 is 18.8 Å². The molecular weight excluding hydrogens is 461 g/mol. The van der Waals surface area contributed by atoms with Gasteiger partial charge >= 0.3 is 11.7 Å². The number of halogens is 2. The van der Waals surface area contributed by atoms with Crippen molar-refractivity contribution in [3.05, 3.63) is 74.8 Å². The first-order chi connectivity index (χ1) is 14.3. The molecule has 154 valence electrons. The molecule has 0 aliphatic rings. The maximum Gasteiger partial charge on any atom is 0.354 e. The molecule has 0 fully saturated rings. The molecule has 0 aliphatic carbocycles. The predicted molar refractivity (Wildman–Crippen MR) is 112 cm³/mol. The smallest absolute Gasteiger partial charge is 0.354 e. The van der Waals surface area contributed by atoms with Crippen molar-refractivity contribution in [3.8, 4) is 0 Å². The molecule has 0 unspecified atom stereocenters. The van der Waals surface area contributed by atoms with Crippen molar-refractivity contribution in [2.45, 2.75) is 0 Å². The number of esters is 1. The van der Waals surface area contributed by atoms with E-state index in [1.807, 2.05) is 0 Å². The highest BCUT2D eigenvalue weighted by Crippen LogP contribution is 2.37. The Morgan fingerprint density at radius 1 is 1.27 bits per heavy atom. The lowest BCUT2D eigenvalue weighted by atomic mass is 10.1. The van der Waals surface area contributed by atoms with Crippen LogP contribution in [0.25, 0.3) is 0 Å². The third-order valence-corrected chi connectivity index (χ3v) is 4.65.